The highest BCUT2D eigenvalue weighted by Crippen LogP contribution is 2.23. The fraction of sp³-hybridized carbons (Fsp3) is 0.381. The number of nitrogens with zero attached hydrogens (tertiary/aromatic N) is 3. The van der Waals surface area contributed by atoms with E-state index < -0.39 is 22.0 Å². The van der Waals surface area contributed by atoms with E-state index in [1.807, 2.05) is 18.2 Å². The minimum atomic E-state index is -3.99. The number of para-hydroxylation sites is 1. The Kier molecular flexibility index (Phi) is 7.56. The average molecular weight is 463 g/mol. The third-order valence-electron chi connectivity index (χ3n) is 4.85. The molecule has 0 saturated carbocycles. The van der Waals surface area contributed by atoms with Gasteiger partial charge in [0.15, 0.2) is 5.76 Å². The third-order valence-corrected chi connectivity index (χ3v) is 6.96. The molecule has 0 spiro atoms. The van der Waals surface area contributed by atoms with Gasteiger partial charge in [-0.1, -0.05) is 29.4 Å². The number of aryl methyl sites for hydroxylation is 2. The SMILES string of the molecule is COCCN(CC(O)CNC(=O)c1ccc2ccccc2n1)S(=O)(=O)c1c(C)noc1C. The molecule has 0 aliphatic heterocycles. The Morgan fingerprint density at radius 1 is 1.25 bits per heavy atom. The van der Waals surface area contributed by atoms with Crippen molar-refractivity contribution in [1.82, 2.24) is 19.8 Å². The van der Waals surface area contributed by atoms with Gasteiger partial charge >= 0.3 is 0 Å². The molecular weight excluding hydrogens is 436 g/mol. The van der Waals surface area contributed by atoms with Crippen LogP contribution >= 0.6 is 0 Å². The molecule has 0 saturated heterocycles. The summed E-state index contributed by atoms with van der Waals surface area (Å²) >= 11 is 0. The van der Waals surface area contributed by atoms with Gasteiger partial charge in [-0.2, -0.15) is 4.31 Å². The van der Waals surface area contributed by atoms with Gasteiger partial charge in [0.05, 0.1) is 18.2 Å². The van der Waals surface area contributed by atoms with E-state index in [0.717, 1.165) is 9.69 Å². The molecule has 3 rings (SSSR count). The topological polar surface area (TPSA) is 135 Å². The van der Waals surface area contributed by atoms with Crippen molar-refractivity contribution >= 4 is 26.8 Å². The molecule has 1 atom stereocenters. The molecule has 2 heterocycles. The number of aliphatic hydroxyl groups is 1. The predicted octanol–water partition coefficient (Wildman–Crippen LogP) is 1.27. The summed E-state index contributed by atoms with van der Waals surface area (Å²) < 4.78 is 37.3. The largest absolute Gasteiger partial charge is 0.390 e. The molecular formula is C21H26N4O6S. The van der Waals surface area contributed by atoms with Crippen molar-refractivity contribution in [1.29, 1.82) is 0 Å². The Hall–Kier alpha value is -2.86. The van der Waals surface area contributed by atoms with Gasteiger partial charge in [-0.15, -0.1) is 0 Å². The molecule has 172 valence electrons. The number of amides is 1. The van der Waals surface area contributed by atoms with E-state index in [4.69, 9.17) is 9.26 Å². The average Bonchev–Trinajstić information content (AvgIpc) is 3.13. The lowest BCUT2D eigenvalue weighted by Crippen LogP contribution is -2.44. The number of pyridine rings is 1. The van der Waals surface area contributed by atoms with Crippen molar-refractivity contribution < 1.29 is 27.6 Å². The second-order valence-electron chi connectivity index (χ2n) is 7.26. The van der Waals surface area contributed by atoms with Crippen LogP contribution in [-0.2, 0) is 14.8 Å². The van der Waals surface area contributed by atoms with Crippen molar-refractivity contribution in [3.8, 4) is 0 Å². The quantitative estimate of drug-likeness (QED) is 0.460. The van der Waals surface area contributed by atoms with E-state index in [2.05, 4.69) is 15.5 Å². The number of aromatic nitrogens is 2. The lowest BCUT2D eigenvalue weighted by atomic mass is 10.2. The fourth-order valence-corrected chi connectivity index (χ4v) is 5.02. The van der Waals surface area contributed by atoms with Crippen LogP contribution in [-0.4, -0.2) is 73.3 Å². The number of benzene rings is 1. The van der Waals surface area contributed by atoms with Gasteiger partial charge in [-0.25, -0.2) is 13.4 Å². The Balaban J connectivity index is 1.68. The summed E-state index contributed by atoms with van der Waals surface area (Å²) in [5, 5.41) is 17.7. The van der Waals surface area contributed by atoms with Crippen LogP contribution in [0.15, 0.2) is 45.8 Å². The molecule has 2 aromatic heterocycles. The highest BCUT2D eigenvalue weighted by molar-refractivity contribution is 7.89. The van der Waals surface area contributed by atoms with Crippen LogP contribution < -0.4 is 5.32 Å². The minimum Gasteiger partial charge on any atom is -0.390 e. The fourth-order valence-electron chi connectivity index (χ4n) is 3.27. The molecule has 0 radical (unpaired) electrons. The number of carbonyl (C=O) groups is 1. The van der Waals surface area contributed by atoms with Crippen molar-refractivity contribution in [2.24, 2.45) is 0 Å². The number of hydrogen-bond acceptors (Lipinski definition) is 8. The van der Waals surface area contributed by atoms with Crippen molar-refractivity contribution in [2.75, 3.05) is 33.4 Å². The first kappa shape index (κ1) is 23.8. The zero-order chi connectivity index (χ0) is 23.3. The summed E-state index contributed by atoms with van der Waals surface area (Å²) in [6, 6.07) is 10.8. The number of methoxy groups -OCH3 is 1. The summed E-state index contributed by atoms with van der Waals surface area (Å²) in [6.45, 7) is 2.78. The van der Waals surface area contributed by atoms with Gasteiger partial charge in [-0.3, -0.25) is 4.79 Å². The van der Waals surface area contributed by atoms with Crippen LogP contribution in [0.25, 0.3) is 10.9 Å². The van der Waals surface area contributed by atoms with Gasteiger partial charge in [0, 0.05) is 32.1 Å². The molecule has 0 bridgehead atoms. The molecule has 0 aliphatic rings. The Bertz CT molecular complexity index is 1170. The second kappa shape index (κ2) is 10.2. The first-order valence-corrected chi connectivity index (χ1v) is 11.4. The maximum atomic E-state index is 13.1. The number of carbonyl (C=O) groups excluding carboxylic acids is 1. The summed E-state index contributed by atoms with van der Waals surface area (Å²) in [6.07, 6.45) is -1.16. The lowest BCUT2D eigenvalue weighted by molar-refractivity contribution is 0.0886. The number of sulfonamides is 1. The van der Waals surface area contributed by atoms with Gasteiger partial charge in [0.25, 0.3) is 5.91 Å². The lowest BCUT2D eigenvalue weighted by Gasteiger charge is -2.24. The number of nitrogens with one attached hydrogen (secondary N) is 1. The van der Waals surface area contributed by atoms with Crippen LogP contribution in [0.1, 0.15) is 21.9 Å². The second-order valence-corrected chi connectivity index (χ2v) is 9.14. The van der Waals surface area contributed by atoms with Crippen molar-refractivity contribution in [3.05, 3.63) is 53.5 Å². The molecule has 2 N–H and O–H groups in total. The standard InChI is InChI=1S/C21H26N4O6S/c1-14-20(15(2)31-24-14)32(28,29)25(10-11-30-3)13-17(26)12-22-21(27)19-9-8-16-6-4-5-7-18(16)23-19/h4-9,17,26H,10-13H2,1-3H3,(H,22,27). The number of ether oxygens (including phenoxy) is 1. The molecule has 32 heavy (non-hydrogen) atoms. The van der Waals surface area contributed by atoms with E-state index in [1.54, 1.807) is 18.2 Å². The Morgan fingerprint density at radius 3 is 2.69 bits per heavy atom. The highest BCUT2D eigenvalue weighted by Gasteiger charge is 2.32. The van der Waals surface area contributed by atoms with E-state index in [-0.39, 0.29) is 48.3 Å². The van der Waals surface area contributed by atoms with Crippen molar-refractivity contribution in [2.45, 2.75) is 24.8 Å². The van der Waals surface area contributed by atoms with Crippen LogP contribution in [0, 0.1) is 13.8 Å². The zero-order valence-electron chi connectivity index (χ0n) is 18.1. The van der Waals surface area contributed by atoms with Crippen LogP contribution in [0.4, 0.5) is 0 Å². The first-order chi connectivity index (χ1) is 15.2. The number of hydrogen-bond donors (Lipinski definition) is 2. The smallest absolute Gasteiger partial charge is 0.269 e. The number of fused-ring (bicyclic) bond motifs is 1. The normalized spacial score (nSPS) is 12.9. The maximum Gasteiger partial charge on any atom is 0.269 e. The Morgan fingerprint density at radius 2 is 2.00 bits per heavy atom. The van der Waals surface area contributed by atoms with Gasteiger partial charge in [-0.05, 0) is 26.0 Å². The van der Waals surface area contributed by atoms with Crippen LogP contribution in [0.3, 0.4) is 0 Å². The molecule has 1 unspecified atom stereocenters. The maximum absolute atomic E-state index is 13.1. The zero-order valence-corrected chi connectivity index (χ0v) is 18.9. The summed E-state index contributed by atoms with van der Waals surface area (Å²) in [5.74, 6) is -0.304. The molecule has 1 amide bonds. The molecule has 11 heteroatoms. The van der Waals surface area contributed by atoms with Crippen LogP contribution in [0.5, 0.6) is 0 Å². The van der Waals surface area contributed by atoms with Gasteiger partial charge in [0.1, 0.15) is 16.3 Å². The molecule has 10 nitrogen and oxygen atoms in total. The minimum absolute atomic E-state index is 0.0140. The van der Waals surface area contributed by atoms with Gasteiger partial charge < -0.3 is 19.7 Å². The van der Waals surface area contributed by atoms with Gasteiger partial charge in [0.2, 0.25) is 10.0 Å². The van der Waals surface area contributed by atoms with Crippen LogP contribution in [0.2, 0.25) is 0 Å². The number of aliphatic hydroxyl groups excluding tert-OH is 1. The third kappa shape index (κ3) is 5.30. The Labute approximate surface area is 186 Å². The molecule has 3 aromatic rings. The molecule has 1 aromatic carbocycles. The summed E-state index contributed by atoms with van der Waals surface area (Å²) in [5.41, 5.74) is 1.11. The first-order valence-electron chi connectivity index (χ1n) is 9.98. The van der Waals surface area contributed by atoms with Crippen molar-refractivity contribution in [3.63, 3.8) is 0 Å². The monoisotopic (exact) mass is 462 g/mol. The van der Waals surface area contributed by atoms with E-state index >= 15 is 0 Å². The number of rotatable bonds is 10. The van der Waals surface area contributed by atoms with E-state index in [0.29, 0.717) is 5.52 Å². The molecule has 0 aliphatic carbocycles. The van der Waals surface area contributed by atoms with E-state index in [1.165, 1.54) is 21.0 Å². The highest BCUT2D eigenvalue weighted by atomic mass is 32.2. The predicted molar refractivity (Wildman–Crippen MR) is 117 cm³/mol. The molecule has 0 fully saturated rings. The summed E-state index contributed by atoms with van der Waals surface area (Å²) in [7, 11) is -2.54. The van der Waals surface area contributed by atoms with E-state index in [9.17, 15) is 18.3 Å². The summed E-state index contributed by atoms with van der Waals surface area (Å²) in [4.78, 5) is 16.7.